The van der Waals surface area contributed by atoms with Gasteiger partial charge in [0.15, 0.2) is 0 Å². The molecule has 0 aromatic carbocycles. The number of nitriles is 2. The fourth-order valence-electron chi connectivity index (χ4n) is 0.422. The fraction of sp³-hybridized carbons (Fsp3) is 0.667. The fourth-order valence-corrected chi connectivity index (χ4v) is 0.600. The smallest absolute Gasteiger partial charge is 0.0637 e. The largest absolute Gasteiger partial charge is 0.198 e. The Hall–Kier alpha value is -0.730. The molecule has 0 rings (SSSR count). The molecular weight excluding hydrogens is 136 g/mol. The van der Waals surface area contributed by atoms with Gasteiger partial charge >= 0.3 is 0 Å². The second kappa shape index (κ2) is 5.41. The van der Waals surface area contributed by atoms with E-state index in [-0.39, 0.29) is 5.38 Å². The lowest BCUT2D eigenvalue weighted by atomic mass is 10.2. The molecule has 0 saturated heterocycles. The molecule has 0 saturated carbocycles. The zero-order valence-electron chi connectivity index (χ0n) is 4.97. The molecule has 0 amide bonds. The summed E-state index contributed by atoms with van der Waals surface area (Å²) >= 11 is 5.59. The minimum absolute atomic E-state index is 0.144. The van der Waals surface area contributed by atoms with Crippen LogP contribution < -0.4 is 0 Å². The first kappa shape index (κ1) is 8.27. The Bertz CT molecular complexity index is 142. The van der Waals surface area contributed by atoms with Gasteiger partial charge in [0, 0.05) is 11.8 Å². The maximum absolute atomic E-state index is 8.12. The molecule has 0 fully saturated rings. The Labute approximate surface area is 59.7 Å². The number of alkyl halides is 1. The van der Waals surface area contributed by atoms with Gasteiger partial charge in [-0.15, -0.1) is 11.6 Å². The molecule has 0 bridgehead atoms. The summed E-state index contributed by atoms with van der Waals surface area (Å²) in [6.07, 6.45) is 1.39. The molecule has 0 aromatic rings. The van der Waals surface area contributed by atoms with Gasteiger partial charge in [-0.3, -0.25) is 0 Å². The number of hydrogen-bond acceptors (Lipinski definition) is 2. The summed E-state index contributed by atoms with van der Waals surface area (Å²) < 4.78 is 0. The molecule has 0 heterocycles. The van der Waals surface area contributed by atoms with Crippen LogP contribution >= 0.6 is 11.6 Å². The maximum Gasteiger partial charge on any atom is 0.0637 e. The van der Waals surface area contributed by atoms with Crippen LogP contribution in [0.5, 0.6) is 0 Å². The first-order valence-corrected chi connectivity index (χ1v) is 3.13. The normalized spacial score (nSPS) is 11.4. The number of nitrogens with zero attached hydrogens (tertiary/aromatic N) is 2. The molecular formula is C6H7ClN2. The highest BCUT2D eigenvalue weighted by Gasteiger charge is 2.00. The molecule has 2 nitrogen and oxygen atoms in total. The van der Waals surface area contributed by atoms with E-state index in [1.165, 1.54) is 0 Å². The van der Waals surface area contributed by atoms with Gasteiger partial charge in [0.05, 0.1) is 18.6 Å². The highest BCUT2D eigenvalue weighted by Crippen LogP contribution is 2.07. The molecule has 1 unspecified atom stereocenters. The van der Waals surface area contributed by atoms with Crippen LogP contribution in [0.4, 0.5) is 0 Å². The van der Waals surface area contributed by atoms with Gasteiger partial charge in [-0.25, -0.2) is 0 Å². The molecule has 0 aliphatic carbocycles. The molecule has 0 aliphatic heterocycles. The van der Waals surface area contributed by atoms with Crippen LogP contribution in [-0.2, 0) is 0 Å². The number of halogens is 1. The third-order valence-corrected chi connectivity index (χ3v) is 1.25. The lowest BCUT2D eigenvalue weighted by molar-refractivity contribution is 0.783. The Balaban J connectivity index is 3.21. The molecule has 3 heteroatoms. The van der Waals surface area contributed by atoms with E-state index in [2.05, 4.69) is 0 Å². The van der Waals surface area contributed by atoms with E-state index in [1.54, 1.807) is 0 Å². The summed E-state index contributed by atoms with van der Waals surface area (Å²) in [5.41, 5.74) is 0. The average Bonchev–Trinajstić information content (AvgIpc) is 1.85. The number of rotatable bonds is 3. The quantitative estimate of drug-likeness (QED) is 0.565. The Morgan fingerprint density at radius 1 is 1.33 bits per heavy atom. The van der Waals surface area contributed by atoms with Crippen molar-refractivity contribution in [2.24, 2.45) is 0 Å². The minimum Gasteiger partial charge on any atom is -0.198 e. The standard InChI is InChI=1S/C6H7ClN2/c7-6(3-5-9)2-1-4-8/h6H,1-3H2. The van der Waals surface area contributed by atoms with Crippen LogP contribution in [0.15, 0.2) is 0 Å². The first-order valence-electron chi connectivity index (χ1n) is 2.69. The summed E-state index contributed by atoms with van der Waals surface area (Å²) in [7, 11) is 0. The van der Waals surface area contributed by atoms with Crippen LogP contribution in [0.2, 0.25) is 0 Å². The van der Waals surface area contributed by atoms with Crippen molar-refractivity contribution < 1.29 is 0 Å². The molecule has 1 atom stereocenters. The molecule has 0 radical (unpaired) electrons. The third kappa shape index (κ3) is 5.14. The van der Waals surface area contributed by atoms with E-state index >= 15 is 0 Å². The van der Waals surface area contributed by atoms with Crippen LogP contribution in [0.3, 0.4) is 0 Å². The zero-order valence-corrected chi connectivity index (χ0v) is 5.73. The lowest BCUT2D eigenvalue weighted by Crippen LogP contribution is -1.94. The summed E-state index contributed by atoms with van der Waals surface area (Å²) in [6, 6.07) is 3.90. The Morgan fingerprint density at radius 2 is 2.00 bits per heavy atom. The van der Waals surface area contributed by atoms with Crippen molar-refractivity contribution in [1.82, 2.24) is 0 Å². The van der Waals surface area contributed by atoms with Crippen molar-refractivity contribution in [3.63, 3.8) is 0 Å². The van der Waals surface area contributed by atoms with Crippen molar-refractivity contribution >= 4 is 11.6 Å². The highest BCUT2D eigenvalue weighted by atomic mass is 35.5. The summed E-state index contributed by atoms with van der Waals surface area (Å²) in [4.78, 5) is 0. The molecule has 0 aliphatic rings. The predicted molar refractivity (Wildman–Crippen MR) is 34.7 cm³/mol. The second-order valence-electron chi connectivity index (χ2n) is 1.66. The van der Waals surface area contributed by atoms with Crippen molar-refractivity contribution in [3.8, 4) is 12.1 Å². The SMILES string of the molecule is N#CCCC(Cl)CC#N. The average molecular weight is 143 g/mol. The topological polar surface area (TPSA) is 47.6 Å². The Kier molecular flexibility index (Phi) is 4.97. The summed E-state index contributed by atoms with van der Waals surface area (Å²) in [5, 5.41) is 16.1. The predicted octanol–water partition coefficient (Wildman–Crippen LogP) is 1.81. The summed E-state index contributed by atoms with van der Waals surface area (Å²) in [6.45, 7) is 0. The summed E-state index contributed by atoms with van der Waals surface area (Å²) in [5.74, 6) is 0. The monoisotopic (exact) mass is 142 g/mol. The van der Waals surface area contributed by atoms with Crippen LogP contribution in [0, 0.1) is 22.7 Å². The second-order valence-corrected chi connectivity index (χ2v) is 2.27. The molecule has 9 heavy (non-hydrogen) atoms. The third-order valence-electron chi connectivity index (χ3n) is 0.882. The van der Waals surface area contributed by atoms with Gasteiger partial charge in [0.25, 0.3) is 0 Å². The van der Waals surface area contributed by atoms with E-state index < -0.39 is 0 Å². The van der Waals surface area contributed by atoms with Crippen LogP contribution in [0.1, 0.15) is 19.3 Å². The van der Waals surface area contributed by atoms with E-state index in [9.17, 15) is 0 Å². The van der Waals surface area contributed by atoms with Crippen molar-refractivity contribution in [3.05, 3.63) is 0 Å². The first-order chi connectivity index (χ1) is 4.31. The van der Waals surface area contributed by atoms with Crippen LogP contribution in [0.25, 0.3) is 0 Å². The molecule has 48 valence electrons. The lowest BCUT2D eigenvalue weighted by Gasteiger charge is -1.97. The van der Waals surface area contributed by atoms with Gasteiger partial charge in [-0.2, -0.15) is 10.5 Å². The van der Waals surface area contributed by atoms with Gasteiger partial charge in [-0.1, -0.05) is 0 Å². The molecule has 0 spiro atoms. The molecule has 0 N–H and O–H groups in total. The van der Waals surface area contributed by atoms with Gasteiger partial charge < -0.3 is 0 Å². The molecule has 0 aromatic heterocycles. The van der Waals surface area contributed by atoms with E-state index in [1.807, 2.05) is 12.1 Å². The zero-order chi connectivity index (χ0) is 7.11. The van der Waals surface area contributed by atoms with E-state index in [4.69, 9.17) is 22.1 Å². The minimum atomic E-state index is -0.144. The van der Waals surface area contributed by atoms with Crippen molar-refractivity contribution in [2.45, 2.75) is 24.6 Å². The van der Waals surface area contributed by atoms with Crippen LogP contribution in [-0.4, -0.2) is 5.38 Å². The van der Waals surface area contributed by atoms with Crippen molar-refractivity contribution in [1.29, 1.82) is 10.5 Å². The van der Waals surface area contributed by atoms with Gasteiger partial charge in [0.1, 0.15) is 0 Å². The van der Waals surface area contributed by atoms with Crippen molar-refractivity contribution in [2.75, 3.05) is 0 Å². The maximum atomic E-state index is 8.12. The van der Waals surface area contributed by atoms with E-state index in [0.717, 1.165) is 0 Å². The Morgan fingerprint density at radius 3 is 2.44 bits per heavy atom. The van der Waals surface area contributed by atoms with E-state index in [0.29, 0.717) is 19.3 Å². The highest BCUT2D eigenvalue weighted by molar-refractivity contribution is 6.20. The number of hydrogen-bond donors (Lipinski definition) is 0. The van der Waals surface area contributed by atoms with Gasteiger partial charge in [-0.05, 0) is 6.42 Å². The van der Waals surface area contributed by atoms with Gasteiger partial charge in [0.2, 0.25) is 0 Å².